The number of nitrogens with zero attached hydrogens (tertiary/aromatic N) is 1. The highest BCUT2D eigenvalue weighted by Gasteiger charge is 2.30. The Bertz CT molecular complexity index is 747. The van der Waals surface area contributed by atoms with Crippen LogP contribution in [0.5, 0.6) is 11.6 Å². The van der Waals surface area contributed by atoms with Gasteiger partial charge in [0.15, 0.2) is 0 Å². The molecule has 0 aliphatic rings. The fourth-order valence-electron chi connectivity index (χ4n) is 2.48. The van der Waals surface area contributed by atoms with E-state index >= 15 is 0 Å². The third-order valence-electron chi connectivity index (χ3n) is 4.53. The molecule has 2 rings (SSSR count). The van der Waals surface area contributed by atoms with Crippen molar-refractivity contribution < 1.29 is 22.7 Å². The van der Waals surface area contributed by atoms with Crippen LogP contribution >= 0.6 is 0 Å². The van der Waals surface area contributed by atoms with Crippen molar-refractivity contribution in [3.05, 3.63) is 53.7 Å². The molecule has 2 aromatic rings. The minimum Gasteiger partial charge on any atom is -0.439 e. The van der Waals surface area contributed by atoms with E-state index in [2.05, 4.69) is 10.3 Å². The molecule has 0 spiro atoms. The molecule has 146 valence electrons. The second-order valence-electron chi connectivity index (χ2n) is 6.15. The van der Waals surface area contributed by atoms with E-state index in [1.54, 1.807) is 24.3 Å². The van der Waals surface area contributed by atoms with E-state index in [4.69, 9.17) is 10.5 Å². The molecule has 1 heterocycles. The molecule has 1 amide bonds. The average molecular weight is 381 g/mol. The molecule has 0 fully saturated rings. The van der Waals surface area contributed by atoms with Crippen LogP contribution in [0.25, 0.3) is 0 Å². The number of rotatable bonds is 7. The van der Waals surface area contributed by atoms with E-state index in [9.17, 15) is 18.0 Å². The van der Waals surface area contributed by atoms with Crippen LogP contribution < -0.4 is 15.8 Å². The molecule has 0 atom stereocenters. The summed E-state index contributed by atoms with van der Waals surface area (Å²) in [4.78, 5) is 16.1. The van der Waals surface area contributed by atoms with Crippen LogP contribution in [0.3, 0.4) is 0 Å². The van der Waals surface area contributed by atoms with Crippen LogP contribution in [0.1, 0.15) is 42.6 Å². The zero-order valence-electron chi connectivity index (χ0n) is 15.1. The quantitative estimate of drug-likeness (QED) is 0.756. The zero-order valence-corrected chi connectivity index (χ0v) is 15.1. The average Bonchev–Trinajstić information content (AvgIpc) is 2.66. The monoisotopic (exact) mass is 381 g/mol. The van der Waals surface area contributed by atoms with Crippen molar-refractivity contribution in [2.75, 3.05) is 6.54 Å². The van der Waals surface area contributed by atoms with Gasteiger partial charge in [0.2, 0.25) is 5.88 Å². The van der Waals surface area contributed by atoms with Gasteiger partial charge in [-0.25, -0.2) is 4.98 Å². The predicted molar refractivity (Wildman–Crippen MR) is 95.6 cm³/mol. The van der Waals surface area contributed by atoms with Crippen LogP contribution in [0.4, 0.5) is 13.2 Å². The largest absolute Gasteiger partial charge is 0.439 e. The molecule has 0 aliphatic heterocycles. The van der Waals surface area contributed by atoms with Crippen molar-refractivity contribution in [1.29, 1.82) is 0 Å². The maximum Gasteiger partial charge on any atom is 0.417 e. The summed E-state index contributed by atoms with van der Waals surface area (Å²) in [5.74, 6) is 0.137. The Balaban J connectivity index is 2.05. The molecule has 0 unspecified atom stereocenters. The first-order valence-electron chi connectivity index (χ1n) is 8.56. The van der Waals surface area contributed by atoms with Gasteiger partial charge in [0.05, 0.1) is 11.1 Å². The lowest BCUT2D eigenvalue weighted by atomic mass is 9.92. The van der Waals surface area contributed by atoms with E-state index in [0.717, 1.165) is 12.1 Å². The Morgan fingerprint density at radius 2 is 1.74 bits per heavy atom. The van der Waals surface area contributed by atoms with Gasteiger partial charge in [-0.15, -0.1) is 0 Å². The number of hydrogen-bond donors (Lipinski definition) is 2. The molecular formula is C19H22F3N3O2. The molecule has 0 saturated heterocycles. The van der Waals surface area contributed by atoms with Crippen molar-refractivity contribution in [3.8, 4) is 11.6 Å². The topological polar surface area (TPSA) is 77.2 Å². The van der Waals surface area contributed by atoms with E-state index in [-0.39, 0.29) is 11.8 Å². The number of halogens is 3. The maximum absolute atomic E-state index is 12.5. The molecule has 0 aliphatic carbocycles. The first-order chi connectivity index (χ1) is 12.7. The SMILES string of the molecule is CCC(CC)(CN)NC(=O)c1ccc(Oc2ccc(C(F)(F)F)cn2)cc1. The Morgan fingerprint density at radius 3 is 2.19 bits per heavy atom. The zero-order chi connectivity index (χ0) is 20.1. The number of aromatic nitrogens is 1. The van der Waals surface area contributed by atoms with Crippen molar-refractivity contribution >= 4 is 5.91 Å². The number of ether oxygens (including phenoxy) is 1. The number of amides is 1. The van der Waals surface area contributed by atoms with Crippen molar-refractivity contribution in [2.45, 2.75) is 38.4 Å². The standard InChI is InChI=1S/C19H22F3N3O2/c1-3-18(4-2,12-23)25-17(26)13-5-8-15(9-6-13)27-16-10-7-14(11-24-16)19(20,21)22/h5-11H,3-4,12,23H2,1-2H3,(H,25,26). The number of carbonyl (C=O) groups is 1. The molecule has 0 radical (unpaired) electrons. The van der Waals surface area contributed by atoms with E-state index in [0.29, 0.717) is 36.9 Å². The molecule has 5 nitrogen and oxygen atoms in total. The molecule has 8 heteroatoms. The summed E-state index contributed by atoms with van der Waals surface area (Å²) < 4.78 is 43.0. The minimum absolute atomic E-state index is 0.0271. The van der Waals surface area contributed by atoms with E-state index in [1.807, 2.05) is 13.8 Å². The summed E-state index contributed by atoms with van der Waals surface area (Å²) in [5.41, 5.74) is 4.93. The number of benzene rings is 1. The minimum atomic E-state index is -4.45. The van der Waals surface area contributed by atoms with E-state index in [1.165, 1.54) is 0 Å². The fourth-order valence-corrected chi connectivity index (χ4v) is 2.48. The van der Waals surface area contributed by atoms with Crippen molar-refractivity contribution in [1.82, 2.24) is 10.3 Å². The molecular weight excluding hydrogens is 359 g/mol. The van der Waals surface area contributed by atoms with E-state index < -0.39 is 17.3 Å². The lowest BCUT2D eigenvalue weighted by Gasteiger charge is -2.31. The molecule has 3 N–H and O–H groups in total. The van der Waals surface area contributed by atoms with Crippen LogP contribution in [0.2, 0.25) is 0 Å². The van der Waals surface area contributed by atoms with Gasteiger partial charge in [0.25, 0.3) is 5.91 Å². The second-order valence-corrected chi connectivity index (χ2v) is 6.15. The number of pyridine rings is 1. The van der Waals surface area contributed by atoms with Crippen LogP contribution in [-0.2, 0) is 6.18 Å². The highest BCUT2D eigenvalue weighted by molar-refractivity contribution is 5.94. The summed E-state index contributed by atoms with van der Waals surface area (Å²) >= 11 is 0. The van der Waals surface area contributed by atoms with Gasteiger partial charge in [-0.05, 0) is 43.2 Å². The van der Waals surface area contributed by atoms with Crippen LogP contribution in [0, 0.1) is 0 Å². The summed E-state index contributed by atoms with van der Waals surface area (Å²) in [6.07, 6.45) is -2.31. The Morgan fingerprint density at radius 1 is 1.11 bits per heavy atom. The summed E-state index contributed by atoms with van der Waals surface area (Å²) in [7, 11) is 0. The Labute approximate surface area is 155 Å². The summed E-state index contributed by atoms with van der Waals surface area (Å²) in [5, 5.41) is 2.96. The third kappa shape index (κ3) is 5.19. The van der Waals surface area contributed by atoms with Crippen LogP contribution in [-0.4, -0.2) is 23.0 Å². The van der Waals surface area contributed by atoms with Gasteiger partial charge in [-0.2, -0.15) is 13.2 Å². The van der Waals surface area contributed by atoms with Crippen molar-refractivity contribution in [2.24, 2.45) is 5.73 Å². The second kappa shape index (κ2) is 8.39. The van der Waals surface area contributed by atoms with Gasteiger partial charge in [0, 0.05) is 24.4 Å². The number of nitrogens with one attached hydrogen (secondary N) is 1. The number of carbonyl (C=O) groups excluding carboxylic acids is 1. The molecule has 0 saturated carbocycles. The highest BCUT2D eigenvalue weighted by atomic mass is 19.4. The van der Waals surface area contributed by atoms with Gasteiger partial charge < -0.3 is 15.8 Å². The summed E-state index contributed by atoms with van der Waals surface area (Å²) in [6, 6.07) is 8.28. The molecule has 1 aromatic carbocycles. The normalized spacial score (nSPS) is 11.9. The Kier molecular flexibility index (Phi) is 6.43. The lowest BCUT2D eigenvalue weighted by molar-refractivity contribution is -0.137. The highest BCUT2D eigenvalue weighted by Crippen LogP contribution is 2.30. The first-order valence-corrected chi connectivity index (χ1v) is 8.56. The summed E-state index contributed by atoms with van der Waals surface area (Å²) in [6.45, 7) is 4.27. The van der Waals surface area contributed by atoms with Gasteiger partial charge >= 0.3 is 6.18 Å². The first kappa shape index (κ1) is 20.7. The maximum atomic E-state index is 12.5. The number of alkyl halides is 3. The molecule has 1 aromatic heterocycles. The lowest BCUT2D eigenvalue weighted by Crippen LogP contribution is -2.52. The predicted octanol–water partition coefficient (Wildman–Crippen LogP) is 4.14. The third-order valence-corrected chi connectivity index (χ3v) is 4.53. The van der Waals surface area contributed by atoms with Gasteiger partial charge in [0.1, 0.15) is 5.75 Å². The number of nitrogens with two attached hydrogens (primary N) is 1. The fraction of sp³-hybridized carbons (Fsp3) is 0.368. The van der Waals surface area contributed by atoms with Crippen LogP contribution in [0.15, 0.2) is 42.6 Å². The number of hydrogen-bond acceptors (Lipinski definition) is 4. The molecule has 27 heavy (non-hydrogen) atoms. The smallest absolute Gasteiger partial charge is 0.417 e. The van der Waals surface area contributed by atoms with Gasteiger partial charge in [-0.1, -0.05) is 13.8 Å². The Hall–Kier alpha value is -2.61. The van der Waals surface area contributed by atoms with Crippen molar-refractivity contribution in [3.63, 3.8) is 0 Å². The molecule has 0 bridgehead atoms. The van der Waals surface area contributed by atoms with Gasteiger partial charge in [-0.3, -0.25) is 4.79 Å².